The van der Waals surface area contributed by atoms with E-state index in [0.717, 1.165) is 22.3 Å². The molecule has 1 N–H and O–H groups in total. The molecule has 0 fully saturated rings. The normalized spacial score (nSPS) is 12.0. The number of amides is 2. The number of sulfonamides is 1. The summed E-state index contributed by atoms with van der Waals surface area (Å²) >= 11 is 0. The smallest absolute Gasteiger partial charge is 0.264 e. The van der Waals surface area contributed by atoms with Crippen molar-refractivity contribution in [1.29, 1.82) is 0 Å². The Morgan fingerprint density at radius 1 is 0.795 bits per heavy atom. The van der Waals surface area contributed by atoms with Crippen LogP contribution in [-0.2, 0) is 39.0 Å². The van der Waals surface area contributed by atoms with E-state index >= 15 is 0 Å². The van der Waals surface area contributed by atoms with Gasteiger partial charge in [-0.15, -0.1) is 0 Å². The summed E-state index contributed by atoms with van der Waals surface area (Å²) in [6.07, 6.45) is 0.847. The van der Waals surface area contributed by atoms with Crippen molar-refractivity contribution in [2.75, 3.05) is 10.8 Å². The van der Waals surface area contributed by atoms with Crippen molar-refractivity contribution in [2.24, 2.45) is 0 Å². The molecule has 0 aliphatic rings. The first-order valence-corrected chi connectivity index (χ1v) is 16.4. The number of carbonyl (C=O) groups is 2. The summed E-state index contributed by atoms with van der Waals surface area (Å²) in [5.74, 6) is -0.770. The monoisotopic (exact) mass is 611 g/mol. The molecule has 8 heteroatoms. The molecule has 44 heavy (non-hydrogen) atoms. The van der Waals surface area contributed by atoms with Gasteiger partial charge in [-0.3, -0.25) is 13.9 Å². The Hall–Kier alpha value is -4.43. The van der Waals surface area contributed by atoms with Gasteiger partial charge in [0.15, 0.2) is 0 Å². The molecule has 7 nitrogen and oxygen atoms in total. The van der Waals surface area contributed by atoms with Gasteiger partial charge in [-0.25, -0.2) is 8.42 Å². The van der Waals surface area contributed by atoms with Crippen LogP contribution in [0.1, 0.15) is 43.0 Å². The standard InChI is InChI=1S/C36H41N3O4S/c1-5-31-19-12-13-22-33(31)39(44(42,43)32-20-10-7-11-21-32)26-35(40)38(25-30-18-14-15-28(4)23-30)34(36(41)37-27(2)3)24-29-16-8-6-9-17-29/h6-23,27,34H,5,24-26H2,1-4H3,(H,37,41)/t34-/m0/s1. The Balaban J connectivity index is 1.83. The molecule has 4 aromatic carbocycles. The predicted octanol–water partition coefficient (Wildman–Crippen LogP) is 5.92. The Kier molecular flexibility index (Phi) is 11.0. The summed E-state index contributed by atoms with van der Waals surface area (Å²) < 4.78 is 29.5. The van der Waals surface area contributed by atoms with Crippen molar-refractivity contribution in [3.63, 3.8) is 0 Å². The highest BCUT2D eigenvalue weighted by Crippen LogP contribution is 2.28. The van der Waals surface area contributed by atoms with E-state index in [1.165, 1.54) is 21.3 Å². The van der Waals surface area contributed by atoms with Gasteiger partial charge in [0.1, 0.15) is 12.6 Å². The van der Waals surface area contributed by atoms with E-state index < -0.39 is 28.5 Å². The van der Waals surface area contributed by atoms with Crippen LogP contribution in [0.2, 0.25) is 0 Å². The minimum absolute atomic E-state index is 0.0855. The molecule has 4 aromatic rings. The van der Waals surface area contributed by atoms with E-state index in [0.29, 0.717) is 12.1 Å². The zero-order valence-electron chi connectivity index (χ0n) is 25.8. The van der Waals surface area contributed by atoms with Crippen molar-refractivity contribution in [3.8, 4) is 0 Å². The van der Waals surface area contributed by atoms with Gasteiger partial charge in [0.2, 0.25) is 11.8 Å². The topological polar surface area (TPSA) is 86.8 Å². The largest absolute Gasteiger partial charge is 0.352 e. The van der Waals surface area contributed by atoms with Crippen LogP contribution in [0.5, 0.6) is 0 Å². The summed E-state index contributed by atoms with van der Waals surface area (Å²) in [5, 5.41) is 2.99. The van der Waals surface area contributed by atoms with Crippen LogP contribution in [-0.4, -0.2) is 43.8 Å². The fourth-order valence-electron chi connectivity index (χ4n) is 5.23. The Bertz CT molecular complexity index is 1660. The molecule has 0 radical (unpaired) electrons. The lowest BCUT2D eigenvalue weighted by Crippen LogP contribution is -2.54. The molecule has 0 unspecified atom stereocenters. The van der Waals surface area contributed by atoms with E-state index in [2.05, 4.69) is 5.32 Å². The minimum Gasteiger partial charge on any atom is -0.352 e. The third-order valence-electron chi connectivity index (χ3n) is 7.39. The Morgan fingerprint density at radius 3 is 2.05 bits per heavy atom. The fourth-order valence-corrected chi connectivity index (χ4v) is 6.70. The first-order chi connectivity index (χ1) is 21.1. The van der Waals surface area contributed by atoms with Crippen LogP contribution >= 0.6 is 0 Å². The molecule has 0 saturated carbocycles. The first kappa shape index (κ1) is 32.5. The molecule has 1 atom stereocenters. The van der Waals surface area contributed by atoms with E-state index in [-0.39, 0.29) is 29.8 Å². The molecule has 0 aliphatic carbocycles. The van der Waals surface area contributed by atoms with Crippen molar-refractivity contribution in [3.05, 3.63) is 131 Å². The number of nitrogens with one attached hydrogen (secondary N) is 1. The van der Waals surface area contributed by atoms with Crippen LogP contribution in [0.3, 0.4) is 0 Å². The van der Waals surface area contributed by atoms with E-state index in [1.807, 2.05) is 94.4 Å². The average molecular weight is 612 g/mol. The second kappa shape index (κ2) is 14.8. The van der Waals surface area contributed by atoms with Crippen LogP contribution < -0.4 is 9.62 Å². The number of rotatable bonds is 13. The quantitative estimate of drug-likeness (QED) is 0.204. The van der Waals surface area contributed by atoms with Crippen LogP contribution in [0.4, 0.5) is 5.69 Å². The molecule has 0 spiro atoms. The zero-order valence-corrected chi connectivity index (χ0v) is 26.6. The number of para-hydroxylation sites is 1. The molecule has 0 aliphatic heterocycles. The number of anilines is 1. The number of carbonyl (C=O) groups excluding carboxylic acids is 2. The van der Waals surface area contributed by atoms with E-state index in [9.17, 15) is 18.0 Å². The zero-order chi connectivity index (χ0) is 31.7. The highest BCUT2D eigenvalue weighted by molar-refractivity contribution is 7.92. The fraction of sp³-hybridized carbons (Fsp3) is 0.278. The van der Waals surface area contributed by atoms with Crippen molar-refractivity contribution < 1.29 is 18.0 Å². The maximum Gasteiger partial charge on any atom is 0.264 e. The van der Waals surface area contributed by atoms with Gasteiger partial charge in [-0.2, -0.15) is 0 Å². The van der Waals surface area contributed by atoms with Crippen molar-refractivity contribution in [2.45, 2.75) is 64.1 Å². The van der Waals surface area contributed by atoms with Gasteiger partial charge < -0.3 is 10.2 Å². The van der Waals surface area contributed by atoms with Gasteiger partial charge in [0.25, 0.3) is 10.0 Å². The average Bonchev–Trinajstić information content (AvgIpc) is 3.02. The third-order valence-corrected chi connectivity index (χ3v) is 9.16. The lowest BCUT2D eigenvalue weighted by molar-refractivity contribution is -0.140. The predicted molar refractivity (Wildman–Crippen MR) is 176 cm³/mol. The molecule has 0 aromatic heterocycles. The molecule has 0 saturated heterocycles. The second-order valence-corrected chi connectivity index (χ2v) is 13.0. The summed E-state index contributed by atoms with van der Waals surface area (Å²) in [6.45, 7) is 7.33. The number of hydrogen-bond acceptors (Lipinski definition) is 4. The lowest BCUT2D eigenvalue weighted by Gasteiger charge is -2.34. The summed E-state index contributed by atoms with van der Waals surface area (Å²) in [6, 6.07) is 31.6. The van der Waals surface area contributed by atoms with E-state index in [1.54, 1.807) is 30.3 Å². The number of nitrogens with zero attached hydrogens (tertiary/aromatic N) is 2. The number of aryl methyl sites for hydroxylation is 2. The molecule has 2 amide bonds. The van der Waals surface area contributed by atoms with Crippen molar-refractivity contribution in [1.82, 2.24) is 10.2 Å². The highest BCUT2D eigenvalue weighted by Gasteiger charge is 2.35. The second-order valence-electron chi connectivity index (χ2n) is 11.2. The summed E-state index contributed by atoms with van der Waals surface area (Å²) in [5.41, 5.74) is 3.99. The van der Waals surface area contributed by atoms with Crippen LogP contribution in [0.15, 0.2) is 114 Å². The van der Waals surface area contributed by atoms with Crippen molar-refractivity contribution >= 4 is 27.5 Å². The molecule has 230 valence electrons. The molecule has 0 bridgehead atoms. The summed E-state index contributed by atoms with van der Waals surface area (Å²) in [4.78, 5) is 30.0. The molecule has 4 rings (SSSR count). The lowest BCUT2D eigenvalue weighted by atomic mass is 10.0. The van der Waals surface area contributed by atoms with Crippen LogP contribution in [0.25, 0.3) is 0 Å². The van der Waals surface area contributed by atoms with E-state index in [4.69, 9.17) is 0 Å². The van der Waals surface area contributed by atoms with Gasteiger partial charge in [-0.05, 0) is 62.1 Å². The van der Waals surface area contributed by atoms with Gasteiger partial charge in [0, 0.05) is 19.0 Å². The first-order valence-electron chi connectivity index (χ1n) is 14.9. The number of hydrogen-bond donors (Lipinski definition) is 1. The molecule has 0 heterocycles. The molecular weight excluding hydrogens is 570 g/mol. The number of benzene rings is 4. The maximum absolute atomic E-state index is 14.6. The van der Waals surface area contributed by atoms with Gasteiger partial charge in [0.05, 0.1) is 10.6 Å². The SMILES string of the molecule is CCc1ccccc1N(CC(=O)N(Cc1cccc(C)c1)[C@@H](Cc1ccccc1)C(=O)NC(C)C)S(=O)(=O)c1ccccc1. The van der Waals surface area contributed by atoms with Gasteiger partial charge >= 0.3 is 0 Å². The van der Waals surface area contributed by atoms with Crippen LogP contribution in [0, 0.1) is 6.92 Å². The minimum atomic E-state index is -4.13. The Labute approximate surface area is 261 Å². The highest BCUT2D eigenvalue weighted by atomic mass is 32.2. The summed E-state index contributed by atoms with van der Waals surface area (Å²) in [7, 11) is -4.13. The molecular formula is C36H41N3O4S. The van der Waals surface area contributed by atoms with Gasteiger partial charge in [-0.1, -0.05) is 103 Å². The third kappa shape index (κ3) is 8.14. The maximum atomic E-state index is 14.6. The Morgan fingerprint density at radius 2 is 1.41 bits per heavy atom.